The molecule has 1 fully saturated rings. The average Bonchev–Trinajstić information content (AvgIpc) is 2.84. The van der Waals surface area contributed by atoms with Gasteiger partial charge in [0.1, 0.15) is 0 Å². The maximum absolute atomic E-state index is 12.1. The van der Waals surface area contributed by atoms with Crippen LogP contribution in [0, 0.1) is 5.92 Å². The zero-order valence-corrected chi connectivity index (χ0v) is 11.8. The summed E-state index contributed by atoms with van der Waals surface area (Å²) in [5.74, 6) is 0.462. The first-order valence-corrected chi connectivity index (χ1v) is 6.72. The van der Waals surface area contributed by atoms with Gasteiger partial charge in [0.15, 0.2) is 0 Å². The zero-order chi connectivity index (χ0) is 14.7. The molecule has 0 unspecified atom stereocenters. The fraction of sp³-hybridized carbons (Fsp3) is 0.667. The molecule has 1 aliphatic rings. The van der Waals surface area contributed by atoms with Crippen molar-refractivity contribution in [3.8, 4) is 0 Å². The molecule has 1 saturated heterocycles. The Morgan fingerprint density at radius 2 is 1.85 bits per heavy atom. The van der Waals surface area contributed by atoms with Crippen molar-refractivity contribution in [2.45, 2.75) is 20.3 Å². The number of carbonyl (C=O) groups excluding carboxylic acids is 2. The van der Waals surface area contributed by atoms with E-state index in [2.05, 4.69) is 15.2 Å². The normalized spacial score (nSPS) is 15.8. The molecule has 0 bridgehead atoms. The second kappa shape index (κ2) is 5.89. The molecule has 2 heterocycles. The maximum Gasteiger partial charge on any atom is 0.291 e. The van der Waals surface area contributed by atoms with Gasteiger partial charge in [0.25, 0.3) is 5.91 Å². The van der Waals surface area contributed by atoms with E-state index in [0.29, 0.717) is 38.5 Å². The van der Waals surface area contributed by atoms with E-state index in [1.54, 1.807) is 9.80 Å². The summed E-state index contributed by atoms with van der Waals surface area (Å²) < 4.78 is 0. The Morgan fingerprint density at radius 3 is 2.35 bits per heavy atom. The van der Waals surface area contributed by atoms with E-state index in [1.807, 2.05) is 13.8 Å². The van der Waals surface area contributed by atoms with E-state index >= 15 is 0 Å². The lowest BCUT2D eigenvalue weighted by molar-refractivity contribution is -0.133. The predicted octanol–water partition coefficient (Wildman–Crippen LogP) is -0.283. The van der Waals surface area contributed by atoms with Gasteiger partial charge < -0.3 is 15.5 Å². The van der Waals surface area contributed by atoms with Crippen LogP contribution in [0.3, 0.4) is 0 Å². The van der Waals surface area contributed by atoms with Gasteiger partial charge in [0.2, 0.25) is 17.7 Å². The van der Waals surface area contributed by atoms with Crippen LogP contribution in [0.5, 0.6) is 0 Å². The fourth-order valence-electron chi connectivity index (χ4n) is 2.16. The number of anilines is 1. The number of nitrogens with zero attached hydrogens (tertiary/aromatic N) is 4. The lowest BCUT2D eigenvalue weighted by Gasteiger charge is -2.34. The number of nitrogen functional groups attached to an aromatic ring is 1. The first kappa shape index (κ1) is 14.3. The SMILES string of the molecule is CC(C)CC(=O)N1CCN(C(=O)c2nc(N)n[nH]2)CC1. The predicted molar refractivity (Wildman–Crippen MR) is 72.7 cm³/mol. The van der Waals surface area contributed by atoms with E-state index in [1.165, 1.54) is 0 Å². The summed E-state index contributed by atoms with van der Waals surface area (Å²) in [5, 5.41) is 6.14. The molecule has 0 saturated carbocycles. The average molecular weight is 280 g/mol. The van der Waals surface area contributed by atoms with Crippen molar-refractivity contribution in [2.24, 2.45) is 5.92 Å². The third-order valence-corrected chi connectivity index (χ3v) is 3.21. The summed E-state index contributed by atoms with van der Waals surface area (Å²) in [6, 6.07) is 0. The molecule has 2 amide bonds. The Hall–Kier alpha value is -2.12. The number of aromatic nitrogens is 3. The molecule has 1 aromatic rings. The number of nitrogens with one attached hydrogen (secondary N) is 1. The minimum Gasteiger partial charge on any atom is -0.366 e. The Balaban J connectivity index is 1.88. The van der Waals surface area contributed by atoms with Crippen LogP contribution in [-0.4, -0.2) is 63.0 Å². The maximum atomic E-state index is 12.1. The lowest BCUT2D eigenvalue weighted by atomic mass is 10.1. The van der Waals surface area contributed by atoms with E-state index in [0.717, 1.165) is 0 Å². The Kier molecular flexibility index (Phi) is 4.21. The van der Waals surface area contributed by atoms with E-state index in [4.69, 9.17) is 5.73 Å². The third kappa shape index (κ3) is 3.25. The monoisotopic (exact) mass is 280 g/mol. The molecule has 0 atom stereocenters. The highest BCUT2D eigenvalue weighted by molar-refractivity contribution is 5.91. The fourth-order valence-corrected chi connectivity index (χ4v) is 2.16. The molecule has 0 spiro atoms. The zero-order valence-electron chi connectivity index (χ0n) is 11.8. The molecular weight excluding hydrogens is 260 g/mol. The van der Waals surface area contributed by atoms with Crippen molar-refractivity contribution in [2.75, 3.05) is 31.9 Å². The second-order valence-corrected chi connectivity index (χ2v) is 5.31. The number of carbonyl (C=O) groups is 2. The minimum atomic E-state index is -0.231. The summed E-state index contributed by atoms with van der Waals surface area (Å²) >= 11 is 0. The Morgan fingerprint density at radius 1 is 1.25 bits per heavy atom. The number of hydrogen-bond acceptors (Lipinski definition) is 5. The van der Waals surface area contributed by atoms with Gasteiger partial charge in [-0.1, -0.05) is 13.8 Å². The van der Waals surface area contributed by atoms with Crippen LogP contribution in [0.25, 0.3) is 0 Å². The molecule has 110 valence electrons. The molecule has 2 rings (SSSR count). The molecule has 3 N–H and O–H groups in total. The van der Waals surface area contributed by atoms with Gasteiger partial charge in [-0.25, -0.2) is 0 Å². The smallest absolute Gasteiger partial charge is 0.291 e. The van der Waals surface area contributed by atoms with Crippen molar-refractivity contribution in [3.05, 3.63) is 5.82 Å². The van der Waals surface area contributed by atoms with Crippen LogP contribution in [-0.2, 0) is 4.79 Å². The molecule has 1 aliphatic heterocycles. The number of nitrogens with two attached hydrogens (primary N) is 1. The van der Waals surface area contributed by atoms with Gasteiger partial charge in [-0.15, -0.1) is 5.10 Å². The van der Waals surface area contributed by atoms with E-state index in [9.17, 15) is 9.59 Å². The van der Waals surface area contributed by atoms with Crippen molar-refractivity contribution in [1.82, 2.24) is 25.0 Å². The molecule has 8 nitrogen and oxygen atoms in total. The van der Waals surface area contributed by atoms with Gasteiger partial charge in [0, 0.05) is 32.6 Å². The van der Waals surface area contributed by atoms with Crippen molar-refractivity contribution >= 4 is 17.8 Å². The standard InChI is InChI=1S/C12H20N6O2/c1-8(2)7-9(19)17-3-5-18(6-4-17)11(20)10-14-12(13)16-15-10/h8H,3-7H2,1-2H3,(H3,13,14,15,16). The third-order valence-electron chi connectivity index (χ3n) is 3.21. The van der Waals surface area contributed by atoms with E-state index < -0.39 is 0 Å². The largest absolute Gasteiger partial charge is 0.366 e. The van der Waals surface area contributed by atoms with Gasteiger partial charge in [-0.05, 0) is 5.92 Å². The van der Waals surface area contributed by atoms with Gasteiger partial charge in [-0.2, -0.15) is 4.98 Å². The highest BCUT2D eigenvalue weighted by Gasteiger charge is 2.26. The molecule has 1 aromatic heterocycles. The molecule has 8 heteroatoms. The lowest BCUT2D eigenvalue weighted by Crippen LogP contribution is -2.51. The van der Waals surface area contributed by atoms with Crippen LogP contribution in [0.4, 0.5) is 5.95 Å². The quantitative estimate of drug-likeness (QED) is 0.791. The van der Waals surface area contributed by atoms with Gasteiger partial charge in [0.05, 0.1) is 0 Å². The first-order chi connectivity index (χ1) is 9.47. The number of hydrogen-bond donors (Lipinski definition) is 2. The number of piperazine rings is 1. The Labute approximate surface area is 117 Å². The van der Waals surface area contributed by atoms with Crippen LogP contribution in [0.2, 0.25) is 0 Å². The van der Waals surface area contributed by atoms with Gasteiger partial charge >= 0.3 is 0 Å². The van der Waals surface area contributed by atoms with Crippen molar-refractivity contribution < 1.29 is 9.59 Å². The molecule has 0 aromatic carbocycles. The van der Waals surface area contributed by atoms with Crippen LogP contribution in [0.1, 0.15) is 30.9 Å². The van der Waals surface area contributed by atoms with Crippen LogP contribution < -0.4 is 5.73 Å². The topological polar surface area (TPSA) is 108 Å². The van der Waals surface area contributed by atoms with Crippen molar-refractivity contribution in [1.29, 1.82) is 0 Å². The van der Waals surface area contributed by atoms with E-state index in [-0.39, 0.29) is 23.6 Å². The first-order valence-electron chi connectivity index (χ1n) is 6.72. The van der Waals surface area contributed by atoms with Crippen LogP contribution in [0.15, 0.2) is 0 Å². The highest BCUT2D eigenvalue weighted by atomic mass is 16.2. The second-order valence-electron chi connectivity index (χ2n) is 5.31. The summed E-state index contributed by atoms with van der Waals surface area (Å²) in [5.41, 5.74) is 5.38. The number of aromatic amines is 1. The summed E-state index contributed by atoms with van der Waals surface area (Å²) in [4.78, 5) is 31.3. The number of H-pyrrole nitrogens is 1. The van der Waals surface area contributed by atoms with Crippen molar-refractivity contribution in [3.63, 3.8) is 0 Å². The summed E-state index contributed by atoms with van der Waals surface area (Å²) in [7, 11) is 0. The summed E-state index contributed by atoms with van der Waals surface area (Å²) in [6.07, 6.45) is 0.548. The molecule has 0 radical (unpaired) electrons. The Bertz CT molecular complexity index is 490. The molecular formula is C12H20N6O2. The number of amides is 2. The summed E-state index contributed by atoms with van der Waals surface area (Å²) in [6.45, 7) is 6.16. The minimum absolute atomic E-state index is 0.0547. The van der Waals surface area contributed by atoms with Crippen LogP contribution >= 0.6 is 0 Å². The van der Waals surface area contributed by atoms with Gasteiger partial charge in [-0.3, -0.25) is 14.7 Å². The molecule has 20 heavy (non-hydrogen) atoms. The number of rotatable bonds is 3. The highest BCUT2D eigenvalue weighted by Crippen LogP contribution is 2.10. The molecule has 0 aliphatic carbocycles.